The Morgan fingerprint density at radius 2 is 1.92 bits per heavy atom. The molecule has 4 aliphatic rings. The van der Waals surface area contributed by atoms with Crippen LogP contribution in [0.1, 0.15) is 48.3 Å². The minimum Gasteiger partial charge on any atom is -0.447 e. The number of hydrogen-bond donors (Lipinski definition) is 1. The molecule has 0 unspecified atom stereocenters. The Labute approximate surface area is 154 Å². The molecule has 4 fully saturated rings. The highest BCUT2D eigenvalue weighted by Gasteiger charge is 2.58. The summed E-state index contributed by atoms with van der Waals surface area (Å²) in [6, 6.07) is 6.77. The van der Waals surface area contributed by atoms with Gasteiger partial charge in [0.05, 0.1) is 5.54 Å². The summed E-state index contributed by atoms with van der Waals surface area (Å²) in [6.45, 7) is 6.60. The van der Waals surface area contributed by atoms with Crippen LogP contribution in [0.2, 0.25) is 0 Å². The molecule has 2 heterocycles. The molecule has 5 heteroatoms. The van der Waals surface area contributed by atoms with Crippen molar-refractivity contribution in [2.45, 2.75) is 51.0 Å². The molecule has 1 aromatic rings. The van der Waals surface area contributed by atoms with E-state index in [9.17, 15) is 9.59 Å². The van der Waals surface area contributed by atoms with Crippen molar-refractivity contribution in [3.05, 3.63) is 34.9 Å². The summed E-state index contributed by atoms with van der Waals surface area (Å²) in [4.78, 5) is 25.9. The van der Waals surface area contributed by atoms with Crippen LogP contribution in [0.15, 0.2) is 18.2 Å². The van der Waals surface area contributed by atoms with Gasteiger partial charge in [0.25, 0.3) is 0 Å². The van der Waals surface area contributed by atoms with Crippen LogP contribution in [0.5, 0.6) is 0 Å². The monoisotopic (exact) mass is 354 g/mol. The van der Waals surface area contributed by atoms with Gasteiger partial charge in [-0.15, -0.1) is 0 Å². The summed E-state index contributed by atoms with van der Waals surface area (Å²) in [5.74, 6) is 0.993. The second kappa shape index (κ2) is 5.24. The lowest BCUT2D eigenvalue weighted by Gasteiger charge is -2.60. The van der Waals surface area contributed by atoms with E-state index < -0.39 is 0 Å². The summed E-state index contributed by atoms with van der Waals surface area (Å²) in [5.41, 5.74) is 4.32. The molecule has 5 nitrogen and oxygen atoms in total. The van der Waals surface area contributed by atoms with Crippen LogP contribution >= 0.6 is 0 Å². The molecular formula is C21H26N2O3. The lowest BCUT2D eigenvalue weighted by atomic mass is 9.55. The number of hydrogen-bond acceptors (Lipinski definition) is 3. The first kappa shape index (κ1) is 16.2. The third kappa shape index (κ3) is 2.36. The average molecular weight is 354 g/mol. The standard InChI is InChI=1S/C21H26N2O3/c1-13-3-4-17(14(2)5-13)15-6-20(7-15)10-23(11-20)18(24)16-8-21(9-16)12-26-19(25)22-21/h3-5,15-16H,6-12H2,1-2H3,(H,22,25)/t16-,21+. The molecular weight excluding hydrogens is 328 g/mol. The highest BCUT2D eigenvalue weighted by atomic mass is 16.6. The van der Waals surface area contributed by atoms with Crippen molar-refractivity contribution in [3.63, 3.8) is 0 Å². The Bertz CT molecular complexity index is 782. The molecule has 0 bridgehead atoms. The number of aryl methyl sites for hydroxylation is 2. The van der Waals surface area contributed by atoms with E-state index in [2.05, 4.69) is 37.4 Å². The summed E-state index contributed by atoms with van der Waals surface area (Å²) < 4.78 is 4.99. The van der Waals surface area contributed by atoms with Gasteiger partial charge in [-0.25, -0.2) is 4.79 Å². The van der Waals surface area contributed by atoms with Gasteiger partial charge < -0.3 is 15.0 Å². The maximum Gasteiger partial charge on any atom is 0.407 e. The van der Waals surface area contributed by atoms with Crippen LogP contribution in [-0.2, 0) is 9.53 Å². The zero-order chi connectivity index (χ0) is 18.1. The summed E-state index contributed by atoms with van der Waals surface area (Å²) >= 11 is 0. The molecule has 0 aromatic heterocycles. The second-order valence-electron chi connectivity index (χ2n) is 9.25. The zero-order valence-corrected chi connectivity index (χ0v) is 15.5. The van der Waals surface area contributed by atoms with E-state index in [-0.39, 0.29) is 23.5 Å². The summed E-state index contributed by atoms with van der Waals surface area (Å²) in [5, 5.41) is 2.87. The SMILES string of the molecule is Cc1ccc(C2CC3(C2)CN(C(=O)[C@H]2C[C@]4(COC(=O)N4)C2)C3)c(C)c1. The molecule has 5 rings (SSSR count). The molecule has 1 aromatic carbocycles. The number of likely N-dealkylation sites (tertiary alicyclic amines) is 1. The van der Waals surface area contributed by atoms with Crippen molar-refractivity contribution in [1.82, 2.24) is 10.2 Å². The van der Waals surface area contributed by atoms with E-state index in [4.69, 9.17) is 4.74 Å². The van der Waals surface area contributed by atoms with Crippen molar-refractivity contribution in [2.24, 2.45) is 11.3 Å². The zero-order valence-electron chi connectivity index (χ0n) is 15.5. The minimum absolute atomic E-state index is 0.0598. The Morgan fingerprint density at radius 3 is 2.54 bits per heavy atom. The first-order valence-electron chi connectivity index (χ1n) is 9.68. The van der Waals surface area contributed by atoms with E-state index in [0.29, 0.717) is 17.9 Å². The highest BCUT2D eigenvalue weighted by molar-refractivity contribution is 5.82. The third-order valence-corrected chi connectivity index (χ3v) is 7.06. The molecule has 2 amide bonds. The molecule has 26 heavy (non-hydrogen) atoms. The Hall–Kier alpha value is -2.04. The van der Waals surface area contributed by atoms with Gasteiger partial charge in [-0.2, -0.15) is 0 Å². The van der Waals surface area contributed by atoms with Crippen LogP contribution in [-0.4, -0.2) is 42.1 Å². The van der Waals surface area contributed by atoms with Crippen LogP contribution in [0.25, 0.3) is 0 Å². The number of nitrogens with zero attached hydrogens (tertiary/aromatic N) is 1. The van der Waals surface area contributed by atoms with Crippen LogP contribution < -0.4 is 5.32 Å². The number of amides is 2. The number of benzene rings is 1. The van der Waals surface area contributed by atoms with Crippen molar-refractivity contribution < 1.29 is 14.3 Å². The number of cyclic esters (lactones) is 1. The number of ether oxygens (including phenoxy) is 1. The molecule has 1 N–H and O–H groups in total. The first-order chi connectivity index (χ1) is 12.4. The van der Waals surface area contributed by atoms with Crippen LogP contribution in [0.4, 0.5) is 4.79 Å². The van der Waals surface area contributed by atoms with Gasteiger partial charge in [0, 0.05) is 24.4 Å². The normalized spacial score (nSPS) is 28.2. The number of carbonyl (C=O) groups is 2. The van der Waals surface area contributed by atoms with Gasteiger partial charge >= 0.3 is 6.09 Å². The van der Waals surface area contributed by atoms with Crippen molar-refractivity contribution in [1.29, 1.82) is 0 Å². The molecule has 2 saturated carbocycles. The fourth-order valence-electron chi connectivity index (χ4n) is 5.70. The molecule has 2 spiro atoms. The van der Waals surface area contributed by atoms with E-state index in [1.807, 2.05) is 4.90 Å². The predicted octanol–water partition coefficient (Wildman–Crippen LogP) is 2.90. The fourth-order valence-corrected chi connectivity index (χ4v) is 5.70. The maximum absolute atomic E-state index is 12.7. The number of carbonyl (C=O) groups excluding carboxylic acids is 2. The third-order valence-electron chi connectivity index (χ3n) is 7.06. The summed E-state index contributed by atoms with van der Waals surface area (Å²) in [6.07, 6.45) is 3.53. The number of alkyl carbamates (subject to hydrolysis) is 1. The number of nitrogens with one attached hydrogen (secondary N) is 1. The van der Waals surface area contributed by atoms with Crippen LogP contribution in [0, 0.1) is 25.2 Å². The quantitative estimate of drug-likeness (QED) is 0.888. The van der Waals surface area contributed by atoms with Gasteiger partial charge in [-0.3, -0.25) is 4.79 Å². The Morgan fingerprint density at radius 1 is 1.19 bits per heavy atom. The van der Waals surface area contributed by atoms with Crippen molar-refractivity contribution in [2.75, 3.05) is 19.7 Å². The Balaban J connectivity index is 1.13. The molecule has 0 atom stereocenters. The molecule has 2 saturated heterocycles. The minimum atomic E-state index is -0.342. The fraction of sp³-hybridized carbons (Fsp3) is 0.619. The highest BCUT2D eigenvalue weighted by Crippen LogP contribution is 2.57. The van der Waals surface area contributed by atoms with E-state index >= 15 is 0 Å². The smallest absolute Gasteiger partial charge is 0.407 e. The van der Waals surface area contributed by atoms with E-state index in [1.165, 1.54) is 29.5 Å². The van der Waals surface area contributed by atoms with Gasteiger partial charge in [0.2, 0.25) is 5.91 Å². The lowest BCUT2D eigenvalue weighted by molar-refractivity contribution is -0.161. The number of rotatable bonds is 2. The second-order valence-corrected chi connectivity index (χ2v) is 9.25. The van der Waals surface area contributed by atoms with Crippen LogP contribution in [0.3, 0.4) is 0 Å². The molecule has 2 aliphatic carbocycles. The van der Waals surface area contributed by atoms with E-state index in [1.54, 1.807) is 0 Å². The molecule has 0 radical (unpaired) electrons. The summed E-state index contributed by atoms with van der Waals surface area (Å²) in [7, 11) is 0. The largest absolute Gasteiger partial charge is 0.447 e. The average Bonchev–Trinajstić information content (AvgIpc) is 2.86. The van der Waals surface area contributed by atoms with E-state index in [0.717, 1.165) is 25.9 Å². The molecule has 138 valence electrons. The van der Waals surface area contributed by atoms with Crippen molar-refractivity contribution >= 4 is 12.0 Å². The maximum atomic E-state index is 12.7. The van der Waals surface area contributed by atoms with Gasteiger partial charge in [-0.05, 0) is 56.6 Å². The molecule has 2 aliphatic heterocycles. The topological polar surface area (TPSA) is 58.6 Å². The van der Waals surface area contributed by atoms with Crippen molar-refractivity contribution in [3.8, 4) is 0 Å². The first-order valence-corrected chi connectivity index (χ1v) is 9.68. The lowest BCUT2D eigenvalue weighted by Crippen LogP contribution is -2.66. The Kier molecular flexibility index (Phi) is 3.26. The predicted molar refractivity (Wildman–Crippen MR) is 96.8 cm³/mol. The van der Waals surface area contributed by atoms with Gasteiger partial charge in [0.15, 0.2) is 0 Å². The van der Waals surface area contributed by atoms with Gasteiger partial charge in [-0.1, -0.05) is 23.8 Å². The van der Waals surface area contributed by atoms with Gasteiger partial charge in [0.1, 0.15) is 6.61 Å².